The van der Waals surface area contributed by atoms with Gasteiger partial charge < -0.3 is 5.21 Å². The maximum Gasteiger partial charge on any atom is 0.279 e. The zero-order chi connectivity index (χ0) is 22.2. The van der Waals surface area contributed by atoms with Crippen LogP contribution in [-0.4, -0.2) is 26.3 Å². The first-order valence-corrected chi connectivity index (χ1v) is 9.94. The molecule has 31 heavy (non-hydrogen) atoms. The zero-order valence-electron chi connectivity index (χ0n) is 17.5. The third-order valence-corrected chi connectivity index (χ3v) is 4.97. The Morgan fingerprint density at radius 1 is 0.968 bits per heavy atom. The number of aromatic nitrogens is 2. The zero-order valence-corrected chi connectivity index (χ0v) is 17.5. The van der Waals surface area contributed by atoms with E-state index in [9.17, 15) is 14.4 Å². The van der Waals surface area contributed by atoms with Gasteiger partial charge in [0.25, 0.3) is 5.56 Å². The van der Waals surface area contributed by atoms with Crippen molar-refractivity contribution in [1.82, 2.24) is 9.78 Å². The summed E-state index contributed by atoms with van der Waals surface area (Å²) in [5.41, 5.74) is 1.07. The largest absolute Gasteiger partial charge is 0.623 e. The maximum atomic E-state index is 14.5. The fourth-order valence-corrected chi connectivity index (χ4v) is 3.28. The van der Waals surface area contributed by atoms with Gasteiger partial charge in [-0.3, -0.25) is 4.79 Å². The second kappa shape index (κ2) is 7.80. The van der Waals surface area contributed by atoms with Crippen LogP contribution in [0.1, 0.15) is 26.3 Å². The quantitative estimate of drug-likeness (QED) is 0.207. The molecule has 156 valence electrons. The Labute approximate surface area is 179 Å². The van der Waals surface area contributed by atoms with Crippen LogP contribution in [0.3, 0.4) is 0 Å². The summed E-state index contributed by atoms with van der Waals surface area (Å²) in [7, 11) is 0. The van der Waals surface area contributed by atoms with Gasteiger partial charge in [0.05, 0.1) is 11.1 Å². The topological polar surface area (TPSA) is 61.0 Å². The Morgan fingerprint density at radius 2 is 1.65 bits per heavy atom. The predicted molar refractivity (Wildman–Crippen MR) is 121 cm³/mol. The van der Waals surface area contributed by atoms with Crippen LogP contribution in [0.4, 0.5) is 4.39 Å². The van der Waals surface area contributed by atoms with Gasteiger partial charge >= 0.3 is 0 Å². The first-order chi connectivity index (χ1) is 14.8. The molecule has 0 radical (unpaired) electrons. The summed E-state index contributed by atoms with van der Waals surface area (Å²) in [6.45, 7) is 5.50. The van der Waals surface area contributed by atoms with Crippen molar-refractivity contribution in [3.8, 4) is 16.9 Å². The van der Waals surface area contributed by atoms with E-state index in [2.05, 4.69) is 5.10 Å². The predicted octanol–water partition coefficient (Wildman–Crippen LogP) is 4.92. The number of nitrogens with zero attached hydrogens (tertiary/aromatic N) is 3. The Hall–Kier alpha value is -3.80. The van der Waals surface area contributed by atoms with Gasteiger partial charge in [0.2, 0.25) is 0 Å². The average molecular weight is 415 g/mol. The van der Waals surface area contributed by atoms with Crippen molar-refractivity contribution in [3.63, 3.8) is 0 Å². The van der Waals surface area contributed by atoms with Crippen LogP contribution in [-0.2, 0) is 0 Å². The van der Waals surface area contributed by atoms with Gasteiger partial charge in [-0.25, -0.2) is 9.13 Å². The molecule has 0 atom stereocenters. The number of hydrogen-bond donors (Lipinski definition) is 0. The number of hydrogen-bond acceptors (Lipinski definition) is 3. The smallest absolute Gasteiger partial charge is 0.279 e. The number of para-hydroxylation sites is 1. The molecule has 0 saturated carbocycles. The molecule has 0 N–H and O–H groups in total. The summed E-state index contributed by atoms with van der Waals surface area (Å²) in [5, 5.41) is 18.0. The highest BCUT2D eigenvalue weighted by Crippen LogP contribution is 2.26. The minimum Gasteiger partial charge on any atom is -0.623 e. The molecule has 0 amide bonds. The van der Waals surface area contributed by atoms with Crippen molar-refractivity contribution in [2.45, 2.75) is 26.3 Å². The Bertz CT molecular complexity index is 1370. The molecule has 0 fully saturated rings. The van der Waals surface area contributed by atoms with Crippen LogP contribution >= 0.6 is 0 Å². The lowest BCUT2D eigenvalue weighted by Crippen LogP contribution is -2.29. The number of halogens is 1. The van der Waals surface area contributed by atoms with Crippen molar-refractivity contribution >= 4 is 17.0 Å². The lowest BCUT2D eigenvalue weighted by atomic mass is 10.0. The second-order valence-corrected chi connectivity index (χ2v) is 8.31. The van der Waals surface area contributed by atoms with E-state index in [1.165, 1.54) is 18.3 Å². The summed E-state index contributed by atoms with van der Waals surface area (Å²) in [5.74, 6) is -0.535. The first-order valence-electron chi connectivity index (χ1n) is 9.94. The molecule has 0 aliphatic rings. The number of rotatable bonds is 3. The molecule has 0 spiro atoms. The van der Waals surface area contributed by atoms with Gasteiger partial charge in [0.1, 0.15) is 11.5 Å². The van der Waals surface area contributed by atoms with Gasteiger partial charge in [-0.2, -0.15) is 9.78 Å². The van der Waals surface area contributed by atoms with E-state index in [-0.39, 0.29) is 5.69 Å². The molecule has 3 aromatic carbocycles. The van der Waals surface area contributed by atoms with Gasteiger partial charge in [0.15, 0.2) is 11.8 Å². The molecule has 0 unspecified atom stereocenters. The normalized spacial score (nSPS) is 12.3. The molecule has 4 rings (SSSR count). The molecule has 0 bridgehead atoms. The van der Waals surface area contributed by atoms with Gasteiger partial charge in [0, 0.05) is 37.3 Å². The summed E-state index contributed by atoms with van der Waals surface area (Å²) < 4.78 is 16.5. The standard InChI is InChI=1S/C25H22FN3O2/c1-25(2,3)28(31)16-17-9-8-10-18(15-17)23-19-11-4-5-12-20(19)24(30)29(27-23)22-14-7-6-13-21(22)26/h4-16H,1-3H3/b28-16-. The highest BCUT2D eigenvalue weighted by molar-refractivity contribution is 5.94. The van der Waals surface area contributed by atoms with Crippen LogP contribution in [0.5, 0.6) is 0 Å². The van der Waals surface area contributed by atoms with Crippen molar-refractivity contribution in [1.29, 1.82) is 0 Å². The van der Waals surface area contributed by atoms with Crippen molar-refractivity contribution in [2.24, 2.45) is 0 Å². The second-order valence-electron chi connectivity index (χ2n) is 8.31. The van der Waals surface area contributed by atoms with E-state index >= 15 is 0 Å². The molecule has 5 nitrogen and oxygen atoms in total. The molecule has 4 aromatic rings. The van der Waals surface area contributed by atoms with Crippen molar-refractivity contribution < 1.29 is 9.13 Å². The van der Waals surface area contributed by atoms with Crippen LogP contribution in [0.2, 0.25) is 0 Å². The van der Waals surface area contributed by atoms with Crippen molar-refractivity contribution in [3.05, 3.63) is 99.7 Å². The maximum absolute atomic E-state index is 14.5. The SMILES string of the molecule is CC(C)(C)/[N+]([O-])=C/c1cccc(-c2nn(-c3ccccc3F)c(=O)c3ccccc23)c1. The Balaban J connectivity index is 1.97. The molecule has 0 aliphatic carbocycles. The Morgan fingerprint density at radius 3 is 2.35 bits per heavy atom. The fraction of sp³-hybridized carbons (Fsp3) is 0.160. The minimum atomic E-state index is -0.570. The van der Waals surface area contributed by atoms with E-state index in [1.54, 1.807) is 24.3 Å². The summed E-state index contributed by atoms with van der Waals surface area (Å²) in [4.78, 5) is 13.1. The molecular weight excluding hydrogens is 393 g/mol. The van der Waals surface area contributed by atoms with E-state index in [0.717, 1.165) is 15.0 Å². The van der Waals surface area contributed by atoms with Crippen molar-refractivity contribution in [2.75, 3.05) is 0 Å². The summed E-state index contributed by atoms with van der Waals surface area (Å²) >= 11 is 0. The molecular formula is C25H22FN3O2. The minimum absolute atomic E-state index is 0.0840. The van der Waals surface area contributed by atoms with E-state index in [1.807, 2.05) is 57.2 Å². The van der Waals surface area contributed by atoms with Gasteiger partial charge in [-0.1, -0.05) is 42.5 Å². The van der Waals surface area contributed by atoms with E-state index in [4.69, 9.17) is 0 Å². The molecule has 1 heterocycles. The third-order valence-electron chi connectivity index (χ3n) is 4.97. The van der Waals surface area contributed by atoms with Crippen LogP contribution in [0.15, 0.2) is 77.6 Å². The molecule has 0 saturated heterocycles. The summed E-state index contributed by atoms with van der Waals surface area (Å²) in [6, 6.07) is 20.5. The van der Waals surface area contributed by atoms with E-state index in [0.29, 0.717) is 22.0 Å². The van der Waals surface area contributed by atoms with Crippen LogP contribution in [0, 0.1) is 11.0 Å². The Kier molecular flexibility index (Phi) is 5.15. The average Bonchev–Trinajstić information content (AvgIpc) is 2.74. The number of benzene rings is 3. The van der Waals surface area contributed by atoms with E-state index < -0.39 is 16.9 Å². The highest BCUT2D eigenvalue weighted by Gasteiger charge is 2.19. The van der Waals surface area contributed by atoms with Gasteiger partial charge in [-0.05, 0) is 30.3 Å². The first kappa shape index (κ1) is 20.5. The van der Waals surface area contributed by atoms with Gasteiger partial charge in [-0.15, -0.1) is 0 Å². The number of fused-ring (bicyclic) bond motifs is 1. The lowest BCUT2D eigenvalue weighted by Gasteiger charge is -2.18. The number of hydroxylamine groups is 1. The monoisotopic (exact) mass is 415 g/mol. The van der Waals surface area contributed by atoms with Crippen LogP contribution < -0.4 is 5.56 Å². The highest BCUT2D eigenvalue weighted by atomic mass is 19.1. The summed E-state index contributed by atoms with van der Waals surface area (Å²) in [6.07, 6.45) is 1.53. The fourth-order valence-electron chi connectivity index (χ4n) is 3.28. The van der Waals surface area contributed by atoms with Crippen LogP contribution in [0.25, 0.3) is 27.7 Å². The molecule has 1 aromatic heterocycles. The molecule has 6 heteroatoms. The lowest BCUT2D eigenvalue weighted by molar-refractivity contribution is -0.530. The molecule has 0 aliphatic heterocycles. The third kappa shape index (κ3) is 3.97.